The van der Waals surface area contributed by atoms with Gasteiger partial charge in [0.2, 0.25) is 5.91 Å². The number of amides is 1. The van der Waals surface area contributed by atoms with Crippen LogP contribution >= 0.6 is 0 Å². The highest BCUT2D eigenvalue weighted by Gasteiger charge is 2.26. The van der Waals surface area contributed by atoms with Gasteiger partial charge in [0.1, 0.15) is 5.75 Å². The van der Waals surface area contributed by atoms with Gasteiger partial charge in [-0.2, -0.15) is 0 Å². The van der Waals surface area contributed by atoms with Gasteiger partial charge >= 0.3 is 5.97 Å². The largest absolute Gasteiger partial charge is 0.497 e. The molecule has 1 aromatic carbocycles. The molecule has 1 amide bonds. The third-order valence-electron chi connectivity index (χ3n) is 4.51. The van der Waals surface area contributed by atoms with Crippen molar-refractivity contribution in [2.45, 2.75) is 6.42 Å². The number of hydrogen-bond acceptors (Lipinski definition) is 6. The number of nitrogens with one attached hydrogen (secondary N) is 1. The molecular weight excluding hydrogens is 338 g/mol. The zero-order chi connectivity index (χ0) is 18.9. The number of rotatable bonds is 9. The van der Waals surface area contributed by atoms with E-state index < -0.39 is 11.9 Å². The van der Waals surface area contributed by atoms with Gasteiger partial charge < -0.3 is 20.3 Å². The van der Waals surface area contributed by atoms with Crippen LogP contribution in [0.5, 0.6) is 5.75 Å². The quantitative estimate of drug-likeness (QED) is 0.580. The van der Waals surface area contributed by atoms with Crippen molar-refractivity contribution in [3.63, 3.8) is 0 Å². The molecule has 1 unspecified atom stereocenters. The van der Waals surface area contributed by atoms with Crippen LogP contribution in [0.2, 0.25) is 0 Å². The number of carboxylic acid groups (broad SMARTS) is 1. The van der Waals surface area contributed by atoms with Crippen molar-refractivity contribution < 1.29 is 24.5 Å². The Kier molecular flexibility index (Phi) is 7.83. The molecule has 144 valence electrons. The zero-order valence-corrected chi connectivity index (χ0v) is 15.1. The molecule has 1 aliphatic heterocycles. The minimum absolute atomic E-state index is 0.0712. The number of benzene rings is 1. The van der Waals surface area contributed by atoms with Crippen molar-refractivity contribution in [1.82, 2.24) is 9.80 Å². The number of ether oxygens (including phenoxy) is 1. The molecule has 1 aromatic rings. The molecule has 0 spiro atoms. The Morgan fingerprint density at radius 1 is 1.15 bits per heavy atom. The van der Waals surface area contributed by atoms with Crippen LogP contribution in [0, 0.1) is 5.92 Å². The predicted octanol–water partition coefficient (Wildman–Crippen LogP) is 0.335. The Labute approximate surface area is 153 Å². The average Bonchev–Trinajstić information content (AvgIpc) is 2.63. The first-order chi connectivity index (χ1) is 12.5. The van der Waals surface area contributed by atoms with E-state index in [2.05, 4.69) is 15.1 Å². The highest BCUT2D eigenvalue weighted by molar-refractivity contribution is 5.93. The standard InChI is InChI=1S/C18H27N3O5/c1-26-16-4-2-15(3-5-16)19-17(23)12-14(18(24)25)13-21-8-6-20(7-9-21)10-11-22/h2-5,14,22H,6-13H2,1H3,(H,19,23)(H,24,25). The number of methoxy groups -OCH3 is 1. The first kappa shape index (κ1) is 20.2. The number of aliphatic carboxylic acids is 1. The Morgan fingerprint density at radius 2 is 1.77 bits per heavy atom. The maximum atomic E-state index is 12.2. The highest BCUT2D eigenvalue weighted by Crippen LogP contribution is 2.16. The summed E-state index contributed by atoms with van der Waals surface area (Å²) in [6.07, 6.45) is -0.0712. The van der Waals surface area contributed by atoms with E-state index in [4.69, 9.17) is 9.84 Å². The maximum Gasteiger partial charge on any atom is 0.308 e. The van der Waals surface area contributed by atoms with Crippen molar-refractivity contribution >= 4 is 17.6 Å². The Hall–Kier alpha value is -2.16. The lowest BCUT2D eigenvalue weighted by Crippen LogP contribution is -2.49. The van der Waals surface area contributed by atoms with Gasteiger partial charge in [0.05, 0.1) is 19.6 Å². The number of anilines is 1. The molecule has 8 nitrogen and oxygen atoms in total. The predicted molar refractivity (Wildman–Crippen MR) is 97.3 cm³/mol. The number of piperazine rings is 1. The second kappa shape index (κ2) is 10.1. The number of aliphatic hydroxyl groups is 1. The molecule has 2 rings (SSSR count). The molecular formula is C18H27N3O5. The average molecular weight is 365 g/mol. The molecule has 0 aliphatic carbocycles. The maximum absolute atomic E-state index is 12.2. The van der Waals surface area contributed by atoms with Crippen LogP contribution in [-0.2, 0) is 9.59 Å². The molecule has 0 saturated carbocycles. The summed E-state index contributed by atoms with van der Waals surface area (Å²) >= 11 is 0. The summed E-state index contributed by atoms with van der Waals surface area (Å²) in [5, 5.41) is 21.2. The lowest BCUT2D eigenvalue weighted by Gasteiger charge is -2.35. The van der Waals surface area contributed by atoms with Crippen molar-refractivity contribution in [2.75, 3.05) is 58.3 Å². The SMILES string of the molecule is COc1ccc(NC(=O)CC(CN2CCN(CCO)CC2)C(=O)O)cc1. The number of aliphatic hydroxyl groups excluding tert-OH is 1. The molecule has 1 atom stereocenters. The Morgan fingerprint density at radius 3 is 2.31 bits per heavy atom. The van der Waals surface area contributed by atoms with Gasteiger partial charge in [-0.15, -0.1) is 0 Å². The molecule has 0 bridgehead atoms. The van der Waals surface area contributed by atoms with Gasteiger partial charge in [-0.3, -0.25) is 19.4 Å². The third kappa shape index (κ3) is 6.29. The minimum Gasteiger partial charge on any atom is -0.497 e. The fourth-order valence-electron chi connectivity index (χ4n) is 2.99. The van der Waals surface area contributed by atoms with E-state index in [1.54, 1.807) is 31.4 Å². The fraction of sp³-hybridized carbons (Fsp3) is 0.556. The summed E-state index contributed by atoms with van der Waals surface area (Å²) in [5.74, 6) is -1.35. The number of carboxylic acids is 1. The number of carbonyl (C=O) groups excluding carboxylic acids is 1. The summed E-state index contributed by atoms with van der Waals surface area (Å²) in [5.41, 5.74) is 0.609. The van der Waals surface area contributed by atoms with Crippen LogP contribution in [0.1, 0.15) is 6.42 Å². The summed E-state index contributed by atoms with van der Waals surface area (Å²) in [6.45, 7) is 4.19. The van der Waals surface area contributed by atoms with Crippen molar-refractivity contribution in [3.8, 4) is 5.75 Å². The van der Waals surface area contributed by atoms with Gasteiger partial charge in [0.15, 0.2) is 0 Å². The first-order valence-corrected chi connectivity index (χ1v) is 8.74. The van der Waals surface area contributed by atoms with Gasteiger partial charge in [-0.1, -0.05) is 0 Å². The Bertz CT molecular complexity index is 585. The molecule has 1 saturated heterocycles. The van der Waals surface area contributed by atoms with Crippen LogP contribution in [0.3, 0.4) is 0 Å². The van der Waals surface area contributed by atoms with Gasteiger partial charge in [0, 0.05) is 51.4 Å². The van der Waals surface area contributed by atoms with Crippen molar-refractivity contribution in [3.05, 3.63) is 24.3 Å². The monoisotopic (exact) mass is 365 g/mol. The number of carbonyl (C=O) groups is 2. The molecule has 0 aromatic heterocycles. The lowest BCUT2D eigenvalue weighted by atomic mass is 10.0. The topological polar surface area (TPSA) is 102 Å². The van der Waals surface area contributed by atoms with E-state index in [0.717, 1.165) is 26.2 Å². The molecule has 0 radical (unpaired) electrons. The van der Waals surface area contributed by atoms with Crippen molar-refractivity contribution in [1.29, 1.82) is 0 Å². The lowest BCUT2D eigenvalue weighted by molar-refractivity contribution is -0.144. The van der Waals surface area contributed by atoms with Crippen LogP contribution < -0.4 is 10.1 Å². The Balaban J connectivity index is 1.83. The smallest absolute Gasteiger partial charge is 0.308 e. The van der Waals surface area contributed by atoms with Crippen LogP contribution in [-0.4, -0.2) is 84.9 Å². The molecule has 1 aliphatic rings. The molecule has 1 fully saturated rings. The fourth-order valence-corrected chi connectivity index (χ4v) is 2.99. The first-order valence-electron chi connectivity index (χ1n) is 8.74. The minimum atomic E-state index is -0.965. The van der Waals surface area contributed by atoms with Crippen molar-refractivity contribution in [2.24, 2.45) is 5.92 Å². The number of β-amino-alcohol motifs (C(OH)–C–C–N with tert-alkyl or cyclic N) is 1. The summed E-state index contributed by atoms with van der Waals surface area (Å²) < 4.78 is 5.06. The molecule has 1 heterocycles. The molecule has 26 heavy (non-hydrogen) atoms. The second-order valence-corrected chi connectivity index (χ2v) is 6.38. The third-order valence-corrected chi connectivity index (χ3v) is 4.51. The van der Waals surface area contributed by atoms with E-state index in [9.17, 15) is 14.7 Å². The summed E-state index contributed by atoms with van der Waals surface area (Å²) in [4.78, 5) is 27.9. The van der Waals surface area contributed by atoms with Crippen LogP contribution in [0.4, 0.5) is 5.69 Å². The van der Waals surface area contributed by atoms with E-state index in [0.29, 0.717) is 24.5 Å². The normalized spacial score (nSPS) is 16.8. The summed E-state index contributed by atoms with van der Waals surface area (Å²) in [7, 11) is 1.56. The van der Waals surface area contributed by atoms with E-state index >= 15 is 0 Å². The van der Waals surface area contributed by atoms with Gasteiger partial charge in [-0.25, -0.2) is 0 Å². The van der Waals surface area contributed by atoms with Gasteiger partial charge in [-0.05, 0) is 24.3 Å². The highest BCUT2D eigenvalue weighted by atomic mass is 16.5. The molecule has 3 N–H and O–H groups in total. The summed E-state index contributed by atoms with van der Waals surface area (Å²) in [6, 6.07) is 6.89. The van der Waals surface area contributed by atoms with E-state index in [1.807, 2.05) is 0 Å². The van der Waals surface area contributed by atoms with Crippen LogP contribution in [0.15, 0.2) is 24.3 Å². The van der Waals surface area contributed by atoms with E-state index in [-0.39, 0.29) is 18.9 Å². The number of nitrogens with zero attached hydrogens (tertiary/aromatic N) is 2. The van der Waals surface area contributed by atoms with Gasteiger partial charge in [0.25, 0.3) is 0 Å². The number of hydrogen-bond donors (Lipinski definition) is 3. The zero-order valence-electron chi connectivity index (χ0n) is 15.1. The van der Waals surface area contributed by atoms with Crippen LogP contribution in [0.25, 0.3) is 0 Å². The second-order valence-electron chi connectivity index (χ2n) is 6.38. The van der Waals surface area contributed by atoms with E-state index in [1.165, 1.54) is 0 Å². The molecule has 8 heteroatoms.